The van der Waals surface area contributed by atoms with Crippen molar-refractivity contribution in [2.24, 2.45) is 0 Å². The molecule has 3 aromatic rings. The summed E-state index contributed by atoms with van der Waals surface area (Å²) in [6.45, 7) is 4.70. The molecule has 0 aliphatic heterocycles. The molecule has 1 amide bonds. The number of carbonyl (C=O) groups excluding carboxylic acids is 1. The van der Waals surface area contributed by atoms with E-state index < -0.39 is 0 Å². The number of aryl methyl sites for hydroxylation is 1. The first-order chi connectivity index (χ1) is 13.2. The van der Waals surface area contributed by atoms with Gasteiger partial charge >= 0.3 is 0 Å². The average Bonchev–Trinajstić information content (AvgIpc) is 3.03. The molecule has 2 aromatic carbocycles. The Bertz CT molecular complexity index is 907. The maximum atomic E-state index is 12.2. The van der Waals surface area contributed by atoms with Crippen LogP contribution < -0.4 is 5.32 Å². The normalized spacial score (nSPS) is 11.0. The van der Waals surface area contributed by atoms with Gasteiger partial charge in [0.25, 0.3) is 5.91 Å². The summed E-state index contributed by atoms with van der Waals surface area (Å²) in [7, 11) is 0. The lowest BCUT2D eigenvalue weighted by Gasteiger charge is -2.10. The zero-order valence-electron chi connectivity index (χ0n) is 15.5. The van der Waals surface area contributed by atoms with Crippen molar-refractivity contribution in [1.82, 2.24) is 14.9 Å². The molecule has 1 heterocycles. The van der Waals surface area contributed by atoms with Crippen molar-refractivity contribution in [1.29, 1.82) is 0 Å². The zero-order valence-corrected chi connectivity index (χ0v) is 16.2. The van der Waals surface area contributed by atoms with E-state index in [9.17, 15) is 4.79 Å². The van der Waals surface area contributed by atoms with E-state index in [4.69, 9.17) is 21.3 Å². The highest BCUT2D eigenvalue weighted by Gasteiger charge is 2.11. The summed E-state index contributed by atoms with van der Waals surface area (Å²) < 4.78 is 7.72. The molecule has 3 rings (SSSR count). The molecule has 5 nitrogen and oxygen atoms in total. The lowest BCUT2D eigenvalue weighted by molar-refractivity contribution is 0.0953. The minimum Gasteiger partial charge on any atom is -0.380 e. The molecular weight excluding hydrogens is 362 g/mol. The topological polar surface area (TPSA) is 56.1 Å². The van der Waals surface area contributed by atoms with Crippen LogP contribution >= 0.6 is 11.6 Å². The highest BCUT2D eigenvalue weighted by Crippen LogP contribution is 2.17. The van der Waals surface area contributed by atoms with E-state index in [0.29, 0.717) is 30.3 Å². The van der Waals surface area contributed by atoms with E-state index in [1.807, 2.05) is 37.3 Å². The number of imidazole rings is 1. The summed E-state index contributed by atoms with van der Waals surface area (Å²) in [5, 5.41) is 3.40. The van der Waals surface area contributed by atoms with Crippen LogP contribution in [-0.4, -0.2) is 35.2 Å². The lowest BCUT2D eigenvalue weighted by Crippen LogP contribution is -2.25. The number of rotatable bonds is 9. The maximum Gasteiger partial charge on any atom is 0.252 e. The van der Waals surface area contributed by atoms with Crippen molar-refractivity contribution >= 4 is 28.5 Å². The van der Waals surface area contributed by atoms with Crippen LogP contribution in [0.5, 0.6) is 0 Å². The Hall–Kier alpha value is -2.37. The maximum absolute atomic E-state index is 12.2. The van der Waals surface area contributed by atoms with Crippen molar-refractivity contribution in [2.75, 3.05) is 19.8 Å². The summed E-state index contributed by atoms with van der Waals surface area (Å²) in [5.41, 5.74) is 2.61. The van der Waals surface area contributed by atoms with Crippen molar-refractivity contribution in [3.05, 3.63) is 64.9 Å². The smallest absolute Gasteiger partial charge is 0.252 e. The number of fused-ring (bicyclic) bond motifs is 1. The minimum atomic E-state index is -0.148. The van der Waals surface area contributed by atoms with Gasteiger partial charge in [0, 0.05) is 26.1 Å². The van der Waals surface area contributed by atoms with Crippen molar-refractivity contribution in [3.63, 3.8) is 0 Å². The van der Waals surface area contributed by atoms with Gasteiger partial charge in [-0.25, -0.2) is 4.98 Å². The zero-order chi connectivity index (χ0) is 19.1. The predicted octanol–water partition coefficient (Wildman–Crippen LogP) is 4.09. The Balaban J connectivity index is 1.60. The number of carbonyl (C=O) groups is 1. The number of hydrogen-bond donors (Lipinski definition) is 1. The quantitative estimate of drug-likeness (QED) is 0.564. The molecule has 27 heavy (non-hydrogen) atoms. The second-order valence-electron chi connectivity index (χ2n) is 6.20. The number of ether oxygens (including phenoxy) is 1. The number of halogens is 1. The van der Waals surface area contributed by atoms with Crippen LogP contribution in [0.1, 0.15) is 29.5 Å². The fraction of sp³-hybridized carbons (Fsp3) is 0.333. The molecule has 0 saturated heterocycles. The van der Waals surface area contributed by atoms with Crippen LogP contribution in [0.25, 0.3) is 11.0 Å². The lowest BCUT2D eigenvalue weighted by atomic mass is 10.2. The van der Waals surface area contributed by atoms with E-state index in [1.165, 1.54) is 0 Å². The molecule has 0 radical (unpaired) electrons. The third-order valence-electron chi connectivity index (χ3n) is 4.38. The summed E-state index contributed by atoms with van der Waals surface area (Å²) in [6, 6.07) is 15.2. The van der Waals surface area contributed by atoms with E-state index in [0.717, 1.165) is 36.2 Å². The highest BCUT2D eigenvalue weighted by molar-refractivity contribution is 6.33. The van der Waals surface area contributed by atoms with Crippen LogP contribution in [-0.2, 0) is 17.7 Å². The summed E-state index contributed by atoms with van der Waals surface area (Å²) in [4.78, 5) is 17.0. The number of benzene rings is 2. The summed E-state index contributed by atoms with van der Waals surface area (Å²) >= 11 is 6.07. The fourth-order valence-corrected chi connectivity index (χ4v) is 3.28. The first-order valence-electron chi connectivity index (χ1n) is 9.25. The van der Waals surface area contributed by atoms with Crippen molar-refractivity contribution in [2.45, 2.75) is 26.3 Å². The van der Waals surface area contributed by atoms with Crippen LogP contribution in [0.2, 0.25) is 5.02 Å². The SMILES string of the molecule is CCOCCn1c(CCCNC(=O)c2ccccc2Cl)nc2ccccc21. The van der Waals surface area contributed by atoms with Gasteiger partial charge in [-0.15, -0.1) is 0 Å². The molecule has 1 aromatic heterocycles. The number of hydrogen-bond acceptors (Lipinski definition) is 3. The number of nitrogens with zero attached hydrogens (tertiary/aromatic N) is 2. The molecular formula is C21H24ClN3O2. The highest BCUT2D eigenvalue weighted by atomic mass is 35.5. The second-order valence-corrected chi connectivity index (χ2v) is 6.61. The Labute approximate surface area is 164 Å². The van der Waals surface area contributed by atoms with E-state index >= 15 is 0 Å². The Morgan fingerprint density at radius 1 is 1.19 bits per heavy atom. The van der Waals surface area contributed by atoms with Crippen LogP contribution in [0.15, 0.2) is 48.5 Å². The molecule has 0 saturated carbocycles. The third kappa shape index (κ3) is 4.87. The minimum absolute atomic E-state index is 0.148. The van der Waals surface area contributed by atoms with Gasteiger partial charge in [-0.2, -0.15) is 0 Å². The molecule has 6 heteroatoms. The standard InChI is InChI=1S/C21H24ClN3O2/c1-2-27-15-14-25-19-11-6-5-10-18(19)24-20(25)12-7-13-23-21(26)16-8-3-4-9-17(16)22/h3-6,8-11H,2,7,12-15H2,1H3,(H,23,26). The van der Waals surface area contributed by atoms with Gasteiger partial charge < -0.3 is 14.6 Å². The third-order valence-corrected chi connectivity index (χ3v) is 4.71. The van der Waals surface area contributed by atoms with E-state index in [1.54, 1.807) is 12.1 Å². The number of nitrogens with one attached hydrogen (secondary N) is 1. The molecule has 0 unspecified atom stereocenters. The largest absolute Gasteiger partial charge is 0.380 e. The Morgan fingerprint density at radius 3 is 2.78 bits per heavy atom. The van der Waals surface area contributed by atoms with Crippen LogP contribution in [0.4, 0.5) is 0 Å². The van der Waals surface area contributed by atoms with E-state index in [-0.39, 0.29) is 5.91 Å². The van der Waals surface area contributed by atoms with Crippen LogP contribution in [0.3, 0.4) is 0 Å². The summed E-state index contributed by atoms with van der Waals surface area (Å²) in [5.74, 6) is 0.869. The molecule has 1 N–H and O–H groups in total. The predicted molar refractivity (Wildman–Crippen MR) is 108 cm³/mol. The first kappa shape index (κ1) is 19.4. The Morgan fingerprint density at radius 2 is 1.96 bits per heavy atom. The van der Waals surface area contributed by atoms with E-state index in [2.05, 4.69) is 16.0 Å². The van der Waals surface area contributed by atoms with Gasteiger partial charge in [0.05, 0.1) is 28.2 Å². The number of aromatic nitrogens is 2. The second kappa shape index (κ2) is 9.53. The summed E-state index contributed by atoms with van der Waals surface area (Å²) in [6.07, 6.45) is 1.58. The first-order valence-corrected chi connectivity index (χ1v) is 9.63. The number of amides is 1. The van der Waals surface area contributed by atoms with Gasteiger partial charge in [0.2, 0.25) is 0 Å². The molecule has 0 atom stereocenters. The molecule has 0 aliphatic carbocycles. The molecule has 142 valence electrons. The van der Waals surface area contributed by atoms with Gasteiger partial charge in [-0.3, -0.25) is 4.79 Å². The van der Waals surface area contributed by atoms with Gasteiger partial charge in [-0.1, -0.05) is 35.9 Å². The molecule has 0 bridgehead atoms. The van der Waals surface area contributed by atoms with Gasteiger partial charge in [0.15, 0.2) is 0 Å². The molecule has 0 spiro atoms. The van der Waals surface area contributed by atoms with Crippen molar-refractivity contribution in [3.8, 4) is 0 Å². The average molecular weight is 386 g/mol. The monoisotopic (exact) mass is 385 g/mol. The molecule has 0 fully saturated rings. The molecule has 0 aliphatic rings. The fourth-order valence-electron chi connectivity index (χ4n) is 3.05. The number of para-hydroxylation sites is 2. The van der Waals surface area contributed by atoms with Gasteiger partial charge in [0.1, 0.15) is 5.82 Å². The van der Waals surface area contributed by atoms with Crippen molar-refractivity contribution < 1.29 is 9.53 Å². The Kier molecular flexibility index (Phi) is 6.85. The van der Waals surface area contributed by atoms with Crippen LogP contribution in [0, 0.1) is 0 Å². The van der Waals surface area contributed by atoms with Gasteiger partial charge in [-0.05, 0) is 37.6 Å².